The van der Waals surface area contributed by atoms with Crippen LogP contribution in [0.3, 0.4) is 0 Å². The predicted octanol–water partition coefficient (Wildman–Crippen LogP) is 3.61. The molecule has 2 aromatic heterocycles. The van der Waals surface area contributed by atoms with E-state index >= 15 is 0 Å². The lowest BCUT2D eigenvalue weighted by Gasteiger charge is -2.19. The molecular formula is C24H25FN6O. The number of benzene rings is 2. The van der Waals surface area contributed by atoms with Crippen LogP contribution in [-0.4, -0.2) is 50.5 Å². The van der Waals surface area contributed by atoms with E-state index in [9.17, 15) is 9.50 Å². The highest BCUT2D eigenvalue weighted by Gasteiger charge is 2.26. The second-order valence-electron chi connectivity index (χ2n) is 9.04. The summed E-state index contributed by atoms with van der Waals surface area (Å²) >= 11 is 0. The van der Waals surface area contributed by atoms with E-state index in [1.165, 1.54) is 17.5 Å². The number of nitrogens with zero attached hydrogens (tertiary/aromatic N) is 5. The van der Waals surface area contributed by atoms with Crippen LogP contribution in [0.4, 0.5) is 10.1 Å². The van der Waals surface area contributed by atoms with E-state index in [0.29, 0.717) is 28.2 Å². The van der Waals surface area contributed by atoms with Crippen LogP contribution < -0.4 is 10.2 Å². The Balaban J connectivity index is 1.28. The summed E-state index contributed by atoms with van der Waals surface area (Å²) in [7, 11) is 1.72. The lowest BCUT2D eigenvalue weighted by atomic mass is 10.1. The molecule has 1 atom stereocenters. The number of phenols is 1. The molecule has 4 aromatic rings. The Kier molecular flexibility index (Phi) is 4.50. The van der Waals surface area contributed by atoms with Gasteiger partial charge >= 0.3 is 0 Å². The second-order valence-corrected chi connectivity index (χ2v) is 9.04. The number of anilines is 1. The lowest BCUT2D eigenvalue weighted by Crippen LogP contribution is -2.33. The Bertz CT molecular complexity index is 1330. The molecule has 8 heteroatoms. The molecule has 1 saturated carbocycles. The molecular weight excluding hydrogens is 407 g/mol. The van der Waals surface area contributed by atoms with Crippen molar-refractivity contribution in [3.8, 4) is 17.0 Å². The van der Waals surface area contributed by atoms with Crippen LogP contribution in [0.1, 0.15) is 19.3 Å². The van der Waals surface area contributed by atoms with Gasteiger partial charge in [0.1, 0.15) is 5.52 Å². The first-order chi connectivity index (χ1) is 15.5. The van der Waals surface area contributed by atoms with Crippen LogP contribution in [0.5, 0.6) is 5.75 Å². The van der Waals surface area contributed by atoms with Gasteiger partial charge in [0, 0.05) is 49.0 Å². The maximum Gasteiger partial charge on any atom is 0.193 e. The summed E-state index contributed by atoms with van der Waals surface area (Å²) in [4.78, 5) is 11.6. The van der Waals surface area contributed by atoms with Gasteiger partial charge in [0.25, 0.3) is 0 Å². The van der Waals surface area contributed by atoms with Crippen molar-refractivity contribution in [1.82, 2.24) is 25.1 Å². The fraction of sp³-hybridized carbons (Fsp3) is 0.375. The topological polar surface area (TPSA) is 79.1 Å². The van der Waals surface area contributed by atoms with Gasteiger partial charge in [0.2, 0.25) is 0 Å². The Labute approximate surface area is 184 Å². The summed E-state index contributed by atoms with van der Waals surface area (Å²) in [5.41, 5.74) is 3.51. The van der Waals surface area contributed by atoms with E-state index in [2.05, 4.69) is 37.4 Å². The molecule has 1 saturated heterocycles. The van der Waals surface area contributed by atoms with Crippen LogP contribution in [-0.2, 0) is 7.05 Å². The van der Waals surface area contributed by atoms with Gasteiger partial charge in [-0.25, -0.2) is 9.37 Å². The molecule has 3 heterocycles. The molecule has 6 rings (SSSR count). The molecule has 7 nitrogen and oxygen atoms in total. The second kappa shape index (κ2) is 7.41. The minimum Gasteiger partial charge on any atom is -0.504 e. The smallest absolute Gasteiger partial charge is 0.193 e. The number of fused-ring (bicyclic) bond motifs is 2. The largest absolute Gasteiger partial charge is 0.504 e. The number of hydrogen-bond donors (Lipinski definition) is 2. The van der Waals surface area contributed by atoms with Gasteiger partial charge in [-0.05, 0) is 56.0 Å². The molecule has 0 bridgehead atoms. The van der Waals surface area contributed by atoms with Crippen LogP contribution >= 0.6 is 0 Å². The van der Waals surface area contributed by atoms with Gasteiger partial charge in [0.05, 0.1) is 22.9 Å². The average molecular weight is 433 g/mol. The van der Waals surface area contributed by atoms with Gasteiger partial charge < -0.3 is 15.3 Å². The molecule has 0 radical (unpaired) electrons. The van der Waals surface area contributed by atoms with Gasteiger partial charge in [-0.1, -0.05) is 0 Å². The summed E-state index contributed by atoms with van der Waals surface area (Å²) in [6, 6.07) is 8.31. The summed E-state index contributed by atoms with van der Waals surface area (Å²) in [5, 5.41) is 18.8. The zero-order valence-electron chi connectivity index (χ0n) is 17.9. The van der Waals surface area contributed by atoms with E-state index in [-0.39, 0.29) is 5.52 Å². The normalized spacial score (nSPS) is 18.8. The third-order valence-electron chi connectivity index (χ3n) is 6.58. The molecule has 32 heavy (non-hydrogen) atoms. The summed E-state index contributed by atoms with van der Waals surface area (Å²) in [6.45, 7) is 3.17. The first-order valence-corrected chi connectivity index (χ1v) is 11.2. The van der Waals surface area contributed by atoms with Crippen molar-refractivity contribution in [3.63, 3.8) is 0 Å². The Morgan fingerprint density at radius 3 is 2.91 bits per heavy atom. The lowest BCUT2D eigenvalue weighted by molar-refractivity contribution is 0.437. The maximum absolute atomic E-state index is 14.6. The zero-order chi connectivity index (χ0) is 21.8. The molecule has 164 valence electrons. The van der Waals surface area contributed by atoms with E-state index in [1.54, 1.807) is 25.5 Å². The number of halogens is 1. The first kappa shape index (κ1) is 19.4. The number of aromatic hydroxyl groups is 1. The minimum atomic E-state index is -0.741. The first-order valence-electron chi connectivity index (χ1n) is 11.2. The third kappa shape index (κ3) is 3.44. The molecule has 2 N–H and O–H groups in total. The molecule has 2 aliphatic rings. The van der Waals surface area contributed by atoms with Gasteiger partial charge in [0.15, 0.2) is 11.6 Å². The molecule has 2 aromatic carbocycles. The van der Waals surface area contributed by atoms with E-state index in [1.807, 2.05) is 6.07 Å². The van der Waals surface area contributed by atoms with Crippen LogP contribution in [0.25, 0.3) is 33.2 Å². The van der Waals surface area contributed by atoms with Crippen LogP contribution in [0.15, 0.2) is 36.7 Å². The monoisotopic (exact) mass is 432 g/mol. The molecule has 1 aliphatic carbocycles. The van der Waals surface area contributed by atoms with Crippen molar-refractivity contribution in [2.24, 2.45) is 13.0 Å². The van der Waals surface area contributed by atoms with E-state index < -0.39 is 11.6 Å². The SMILES string of the molecule is Cn1cc2cc(-c3cnc4cc(N5CC[C@@H](NCC6CC6)C5)ccc4n3)c(O)c(F)c2n1. The number of phenolic OH excluding ortho intramolecular Hbond substituents is 1. The minimum absolute atomic E-state index is 0.141. The maximum atomic E-state index is 14.6. The number of nitrogens with one attached hydrogen (secondary N) is 1. The highest BCUT2D eigenvalue weighted by molar-refractivity contribution is 5.89. The van der Waals surface area contributed by atoms with Gasteiger partial charge in [-0.3, -0.25) is 9.67 Å². The highest BCUT2D eigenvalue weighted by atomic mass is 19.1. The molecule has 0 amide bonds. The van der Waals surface area contributed by atoms with E-state index in [4.69, 9.17) is 0 Å². The van der Waals surface area contributed by atoms with Crippen molar-refractivity contribution in [2.75, 3.05) is 24.5 Å². The van der Waals surface area contributed by atoms with Gasteiger partial charge in [-0.2, -0.15) is 5.10 Å². The Hall–Kier alpha value is -3.26. The fourth-order valence-corrected chi connectivity index (χ4v) is 4.57. The quantitative estimate of drug-likeness (QED) is 0.502. The van der Waals surface area contributed by atoms with Crippen molar-refractivity contribution in [1.29, 1.82) is 0 Å². The Morgan fingerprint density at radius 1 is 1.19 bits per heavy atom. The molecule has 0 unspecified atom stereocenters. The van der Waals surface area contributed by atoms with Crippen LogP contribution in [0, 0.1) is 11.7 Å². The highest BCUT2D eigenvalue weighted by Crippen LogP contribution is 2.36. The van der Waals surface area contributed by atoms with Crippen molar-refractivity contribution >= 4 is 27.6 Å². The van der Waals surface area contributed by atoms with Gasteiger partial charge in [-0.15, -0.1) is 0 Å². The third-order valence-corrected chi connectivity index (χ3v) is 6.58. The van der Waals surface area contributed by atoms with Crippen LogP contribution in [0.2, 0.25) is 0 Å². The number of hydrogen-bond acceptors (Lipinski definition) is 6. The number of aryl methyl sites for hydroxylation is 1. The summed E-state index contributed by atoms with van der Waals surface area (Å²) in [6.07, 6.45) is 7.19. The van der Waals surface area contributed by atoms with Crippen molar-refractivity contribution < 1.29 is 9.50 Å². The van der Waals surface area contributed by atoms with Crippen molar-refractivity contribution in [2.45, 2.75) is 25.3 Å². The fourth-order valence-electron chi connectivity index (χ4n) is 4.57. The van der Waals surface area contributed by atoms with Crippen molar-refractivity contribution in [3.05, 3.63) is 42.5 Å². The number of rotatable bonds is 5. The Morgan fingerprint density at radius 2 is 2.06 bits per heavy atom. The number of aromatic nitrogens is 4. The summed E-state index contributed by atoms with van der Waals surface area (Å²) in [5.74, 6) is -0.307. The standard InChI is InChI=1S/C24H25FN6O/c1-30-12-15-8-18(24(32)22(25)23(15)29-30)21-11-27-20-9-17(4-5-19(20)28-21)31-7-6-16(13-31)26-10-14-2-3-14/h4-5,8-9,11-12,14,16,26,32H,2-3,6-7,10,13H2,1H3/t16-/m1/s1. The zero-order valence-corrected chi connectivity index (χ0v) is 17.9. The molecule has 0 spiro atoms. The predicted molar refractivity (Wildman–Crippen MR) is 122 cm³/mol. The van der Waals surface area contributed by atoms with E-state index in [0.717, 1.165) is 43.2 Å². The average Bonchev–Trinajstić information content (AvgIpc) is 3.37. The molecule has 1 aliphatic heterocycles. The summed E-state index contributed by atoms with van der Waals surface area (Å²) < 4.78 is 16.2. The molecule has 2 fully saturated rings.